The number of rotatable bonds is 6. The molecule has 4 bridgehead atoms. The number of carbonyl (C=O) groups excluding carboxylic acids is 5. The van der Waals surface area contributed by atoms with Crippen LogP contribution in [0.1, 0.15) is 107 Å². The Bertz CT molecular complexity index is 1610. The van der Waals surface area contributed by atoms with Crippen LogP contribution in [0.4, 0.5) is 0 Å². The first kappa shape index (κ1) is 36.1. The fourth-order valence-corrected chi connectivity index (χ4v) is 7.70. The van der Waals surface area contributed by atoms with Gasteiger partial charge in [0, 0.05) is 49.8 Å². The summed E-state index contributed by atoms with van der Waals surface area (Å²) < 4.78 is 0. The summed E-state index contributed by atoms with van der Waals surface area (Å²) in [5.41, 5.74) is 1.51. The Morgan fingerprint density at radius 1 is 0.837 bits per heavy atom. The lowest BCUT2D eigenvalue weighted by atomic mass is 10.0. The Kier molecular flexibility index (Phi) is 12.9. The van der Waals surface area contributed by atoms with E-state index in [0.717, 1.165) is 18.4 Å². The van der Waals surface area contributed by atoms with E-state index in [1.807, 2.05) is 30.3 Å². The molecule has 1 saturated heterocycles. The molecule has 12 nitrogen and oxygen atoms in total. The second kappa shape index (κ2) is 17.5. The maximum absolute atomic E-state index is 13.5. The van der Waals surface area contributed by atoms with Crippen molar-refractivity contribution in [1.82, 2.24) is 35.7 Å². The minimum atomic E-state index is -0.502. The summed E-state index contributed by atoms with van der Waals surface area (Å²) in [6, 6.07) is 8.88. The van der Waals surface area contributed by atoms with Crippen molar-refractivity contribution >= 4 is 52.2 Å². The molecule has 0 spiro atoms. The lowest BCUT2D eigenvalue weighted by Gasteiger charge is -2.30. The molecular weight excluding hydrogens is 663 g/mol. The average Bonchev–Trinajstić information content (AvgIpc) is 3.77. The minimum absolute atomic E-state index is 0.0118. The first-order valence-corrected chi connectivity index (χ1v) is 18.8. The normalized spacial score (nSPS) is 20.3. The van der Waals surface area contributed by atoms with E-state index in [1.54, 1.807) is 20.6 Å². The van der Waals surface area contributed by atoms with Gasteiger partial charge in [-0.05, 0) is 50.0 Å². The average molecular weight is 708 g/mol. The van der Waals surface area contributed by atoms with Crippen molar-refractivity contribution in [3.63, 3.8) is 0 Å². The van der Waals surface area contributed by atoms with E-state index in [-0.39, 0.29) is 65.8 Å². The molecule has 5 rings (SSSR count). The van der Waals surface area contributed by atoms with Gasteiger partial charge < -0.3 is 25.8 Å². The number of thiazole rings is 2. The lowest BCUT2D eigenvalue weighted by molar-refractivity contribution is -0.142. The van der Waals surface area contributed by atoms with Crippen LogP contribution in [0.5, 0.6) is 0 Å². The summed E-state index contributed by atoms with van der Waals surface area (Å²) >= 11 is 2.64. The molecule has 2 atom stereocenters. The molecule has 5 amide bonds. The molecule has 1 fully saturated rings. The topological polar surface area (TPSA) is 154 Å². The molecule has 4 heterocycles. The molecule has 3 N–H and O–H groups in total. The van der Waals surface area contributed by atoms with Crippen LogP contribution in [-0.2, 0) is 20.8 Å². The molecular formula is C35H45N7O5S2. The van der Waals surface area contributed by atoms with Gasteiger partial charge in [-0.1, -0.05) is 44.2 Å². The lowest BCUT2D eigenvalue weighted by Crippen LogP contribution is -2.45. The van der Waals surface area contributed by atoms with Crippen molar-refractivity contribution in [2.24, 2.45) is 5.92 Å². The molecule has 0 radical (unpaired) electrons. The predicted octanol–water partition coefficient (Wildman–Crippen LogP) is 4.27. The standard InChI is InChI=1S/C35H45N7O5S2/c1-23(2)18-25-34-40-28(22-49-34)33(47)38-26(19-24-10-4-3-5-11-24)35-39-27(21-48-35)32(46)36-14-9-17-41(16-8-12-29(43)37-25)31(45)20-42-15-7-6-13-30(42)44/h3-5,10-11,21-23,25-26H,6-9,12-20H2,1-2H3,(H,36,46)(H,37,43)(H,38,47)/t25-,26-/m0/s1. The Morgan fingerprint density at radius 3 is 2.24 bits per heavy atom. The number of piperidine rings is 1. The minimum Gasteiger partial charge on any atom is -0.351 e. The van der Waals surface area contributed by atoms with Crippen LogP contribution in [0.25, 0.3) is 0 Å². The largest absolute Gasteiger partial charge is 0.351 e. The van der Waals surface area contributed by atoms with Crippen LogP contribution >= 0.6 is 22.7 Å². The van der Waals surface area contributed by atoms with E-state index in [4.69, 9.17) is 0 Å². The number of hydrogen-bond acceptors (Lipinski definition) is 9. The van der Waals surface area contributed by atoms with E-state index in [0.29, 0.717) is 68.3 Å². The van der Waals surface area contributed by atoms with E-state index >= 15 is 0 Å². The van der Waals surface area contributed by atoms with Gasteiger partial charge in [0.05, 0.1) is 18.6 Å². The Morgan fingerprint density at radius 2 is 1.53 bits per heavy atom. The number of nitrogens with zero attached hydrogens (tertiary/aromatic N) is 4. The third kappa shape index (κ3) is 10.4. The quantitative estimate of drug-likeness (QED) is 0.346. The van der Waals surface area contributed by atoms with Crippen LogP contribution < -0.4 is 16.0 Å². The Hall–Kier alpha value is -4.17. The number of aromatic nitrogens is 2. The first-order chi connectivity index (χ1) is 23.7. The molecule has 0 unspecified atom stereocenters. The molecule has 0 aliphatic carbocycles. The fourth-order valence-electron chi connectivity index (χ4n) is 5.99. The number of fused-ring (bicyclic) bond motifs is 4. The highest BCUT2D eigenvalue weighted by Crippen LogP contribution is 2.27. The van der Waals surface area contributed by atoms with Gasteiger partial charge in [0.15, 0.2) is 0 Å². The van der Waals surface area contributed by atoms with Gasteiger partial charge in [-0.3, -0.25) is 24.0 Å². The van der Waals surface area contributed by atoms with Crippen molar-refractivity contribution in [3.05, 3.63) is 68.1 Å². The maximum atomic E-state index is 13.5. The summed E-state index contributed by atoms with van der Waals surface area (Å²) in [6.07, 6.45) is 4.40. The van der Waals surface area contributed by atoms with Crippen LogP contribution in [-0.4, -0.2) is 82.0 Å². The van der Waals surface area contributed by atoms with Crippen molar-refractivity contribution in [1.29, 1.82) is 0 Å². The van der Waals surface area contributed by atoms with Gasteiger partial charge in [0.2, 0.25) is 17.7 Å². The van der Waals surface area contributed by atoms with Crippen molar-refractivity contribution in [2.45, 2.75) is 77.3 Å². The zero-order valence-corrected chi connectivity index (χ0v) is 29.7. The number of carbonyl (C=O) groups is 5. The number of nitrogens with one attached hydrogen (secondary N) is 3. The number of benzene rings is 1. The molecule has 2 aliphatic rings. The van der Waals surface area contributed by atoms with Crippen LogP contribution in [0, 0.1) is 5.92 Å². The molecule has 49 heavy (non-hydrogen) atoms. The molecule has 2 aliphatic heterocycles. The van der Waals surface area contributed by atoms with Gasteiger partial charge in [-0.25, -0.2) is 9.97 Å². The molecule has 0 saturated carbocycles. The van der Waals surface area contributed by atoms with E-state index < -0.39 is 6.04 Å². The zero-order valence-electron chi connectivity index (χ0n) is 28.1. The second-order valence-electron chi connectivity index (χ2n) is 13.0. The summed E-state index contributed by atoms with van der Waals surface area (Å²) in [5.74, 6) is -0.780. The van der Waals surface area contributed by atoms with Crippen molar-refractivity contribution < 1.29 is 24.0 Å². The number of hydrogen-bond donors (Lipinski definition) is 3. The smallest absolute Gasteiger partial charge is 0.271 e. The van der Waals surface area contributed by atoms with E-state index in [9.17, 15) is 24.0 Å². The molecule has 262 valence electrons. The number of amides is 5. The van der Waals surface area contributed by atoms with Crippen molar-refractivity contribution in [3.8, 4) is 0 Å². The van der Waals surface area contributed by atoms with Crippen LogP contribution in [0.3, 0.4) is 0 Å². The molecule has 14 heteroatoms. The van der Waals surface area contributed by atoms with E-state index in [1.165, 1.54) is 22.7 Å². The predicted molar refractivity (Wildman–Crippen MR) is 188 cm³/mol. The van der Waals surface area contributed by atoms with Crippen LogP contribution in [0.2, 0.25) is 0 Å². The monoisotopic (exact) mass is 707 g/mol. The second-order valence-corrected chi connectivity index (χ2v) is 14.8. The van der Waals surface area contributed by atoms with Gasteiger partial charge in [0.25, 0.3) is 11.8 Å². The van der Waals surface area contributed by atoms with Gasteiger partial charge in [-0.15, -0.1) is 22.7 Å². The van der Waals surface area contributed by atoms with Gasteiger partial charge in [0.1, 0.15) is 21.4 Å². The number of likely N-dealkylation sites (tertiary alicyclic amines) is 1. The third-order valence-corrected chi connectivity index (χ3v) is 10.5. The van der Waals surface area contributed by atoms with E-state index in [2.05, 4.69) is 39.8 Å². The third-order valence-electron chi connectivity index (χ3n) is 8.56. The molecule has 2 aromatic heterocycles. The summed E-state index contributed by atoms with van der Waals surface area (Å²) in [6.45, 7) is 5.74. The summed E-state index contributed by atoms with van der Waals surface area (Å²) in [5, 5.41) is 13.7. The highest BCUT2D eigenvalue weighted by Gasteiger charge is 2.27. The SMILES string of the molecule is CC(C)C[C@@H]1NC(=O)CCCN(C(=O)CN2CCCCC2=O)CCCNC(=O)c2csc(n2)[C@H](Cc2ccccc2)NC(=O)c2csc1n2. The fraction of sp³-hybridized carbons (Fsp3) is 0.514. The van der Waals surface area contributed by atoms with Gasteiger partial charge in [-0.2, -0.15) is 0 Å². The Balaban J connectivity index is 1.37. The summed E-state index contributed by atoms with van der Waals surface area (Å²) in [4.78, 5) is 78.2. The first-order valence-electron chi connectivity index (χ1n) is 17.0. The molecule has 1 aromatic carbocycles. The molecule has 3 aromatic rings. The maximum Gasteiger partial charge on any atom is 0.271 e. The van der Waals surface area contributed by atoms with Crippen molar-refractivity contribution in [2.75, 3.05) is 32.7 Å². The Labute approximate surface area is 295 Å². The van der Waals surface area contributed by atoms with Gasteiger partial charge >= 0.3 is 0 Å². The highest BCUT2D eigenvalue weighted by atomic mass is 32.1. The van der Waals surface area contributed by atoms with Crippen LogP contribution in [0.15, 0.2) is 41.1 Å². The summed E-state index contributed by atoms with van der Waals surface area (Å²) in [7, 11) is 0. The zero-order chi connectivity index (χ0) is 34.8. The highest BCUT2D eigenvalue weighted by molar-refractivity contribution is 7.10.